The van der Waals surface area contributed by atoms with E-state index in [9.17, 15) is 0 Å². The fraction of sp³-hybridized carbons (Fsp3) is 0. The van der Waals surface area contributed by atoms with Crippen molar-refractivity contribution in [3.05, 3.63) is 79.1 Å². The first-order valence-electron chi connectivity index (χ1n) is 10.4. The molecule has 0 amide bonds. The van der Waals surface area contributed by atoms with Crippen molar-refractivity contribution in [2.75, 3.05) is 5.73 Å². The summed E-state index contributed by atoms with van der Waals surface area (Å²) in [6, 6.07) is 21.1. The maximum atomic E-state index is 6.18. The van der Waals surface area contributed by atoms with E-state index >= 15 is 0 Å². The van der Waals surface area contributed by atoms with E-state index in [4.69, 9.17) is 15.5 Å². The van der Waals surface area contributed by atoms with Crippen molar-refractivity contribution in [2.24, 2.45) is 0 Å². The molecule has 6 aromatic rings. The van der Waals surface area contributed by atoms with Crippen LogP contribution in [0.25, 0.3) is 44.8 Å². The Kier molecular flexibility index (Phi) is 4.66. The van der Waals surface area contributed by atoms with Crippen LogP contribution >= 0.6 is 0 Å². The lowest BCUT2D eigenvalue weighted by atomic mass is 10.0. The molecule has 0 bridgehead atoms. The van der Waals surface area contributed by atoms with Crippen molar-refractivity contribution in [1.29, 1.82) is 0 Å². The number of fused-ring (bicyclic) bond motifs is 1. The second-order valence-corrected chi connectivity index (χ2v) is 7.54. The molecule has 0 atom stereocenters. The molecule has 0 aliphatic carbocycles. The van der Waals surface area contributed by atoms with Gasteiger partial charge in [0.2, 0.25) is 0 Å². The summed E-state index contributed by atoms with van der Waals surface area (Å²) < 4.78 is 5.92. The van der Waals surface area contributed by atoms with Crippen LogP contribution in [0.1, 0.15) is 0 Å². The van der Waals surface area contributed by atoms with E-state index in [1.54, 1.807) is 12.4 Å². The maximum absolute atomic E-state index is 6.18. The van der Waals surface area contributed by atoms with E-state index in [-0.39, 0.29) is 0 Å². The third kappa shape index (κ3) is 3.58. The van der Waals surface area contributed by atoms with Crippen LogP contribution in [-0.2, 0) is 0 Å². The highest BCUT2D eigenvalue weighted by molar-refractivity contribution is 6.01. The Morgan fingerprint density at radius 3 is 2.38 bits per heavy atom. The summed E-state index contributed by atoms with van der Waals surface area (Å²) in [6.45, 7) is 0. The van der Waals surface area contributed by atoms with Gasteiger partial charge in [-0.1, -0.05) is 18.2 Å². The van der Waals surface area contributed by atoms with Gasteiger partial charge in [0.15, 0.2) is 11.6 Å². The Morgan fingerprint density at radius 1 is 0.794 bits per heavy atom. The van der Waals surface area contributed by atoms with Crippen molar-refractivity contribution >= 4 is 16.7 Å². The molecule has 164 valence electrons. The quantitative estimate of drug-likeness (QED) is 0.356. The first-order valence-corrected chi connectivity index (χ1v) is 10.4. The highest BCUT2D eigenvalue weighted by Gasteiger charge is 2.16. The molecule has 0 saturated carbocycles. The number of H-pyrrole nitrogens is 2. The lowest BCUT2D eigenvalue weighted by Crippen LogP contribution is -1.94. The molecule has 0 aliphatic heterocycles. The normalized spacial score (nSPS) is 11.1. The van der Waals surface area contributed by atoms with Crippen LogP contribution in [0.4, 0.5) is 5.82 Å². The van der Waals surface area contributed by atoms with Crippen LogP contribution < -0.4 is 10.5 Å². The molecular weight excluding hydrogens is 430 g/mol. The highest BCUT2D eigenvalue weighted by Crippen LogP contribution is 2.34. The van der Waals surface area contributed by atoms with E-state index in [0.29, 0.717) is 23.0 Å². The highest BCUT2D eigenvalue weighted by atomic mass is 16.5. The molecule has 0 aliphatic rings. The number of aromatic amines is 2. The summed E-state index contributed by atoms with van der Waals surface area (Å²) in [7, 11) is 0. The minimum absolute atomic E-state index is 0.383. The number of nitrogens with two attached hydrogens (primary N) is 1. The number of hydrogen-bond donors (Lipinski definition) is 3. The molecule has 4 heterocycles. The number of nitrogens with zero attached hydrogens (tertiary/aromatic N) is 6. The molecule has 0 radical (unpaired) electrons. The number of benzene rings is 2. The minimum Gasteiger partial charge on any atom is -0.457 e. The van der Waals surface area contributed by atoms with Gasteiger partial charge >= 0.3 is 0 Å². The number of tetrazole rings is 1. The van der Waals surface area contributed by atoms with Crippen molar-refractivity contribution in [3.63, 3.8) is 0 Å². The summed E-state index contributed by atoms with van der Waals surface area (Å²) in [4.78, 5) is 9.26. The molecule has 0 saturated heterocycles. The van der Waals surface area contributed by atoms with Crippen LogP contribution in [0, 0.1) is 0 Å². The van der Waals surface area contributed by atoms with Gasteiger partial charge in [-0.3, -0.25) is 10.1 Å². The molecule has 6 rings (SSSR count). The van der Waals surface area contributed by atoms with E-state index in [2.05, 4.69) is 35.8 Å². The molecule has 0 unspecified atom stereocenters. The number of nitrogens with one attached hydrogen (secondary N) is 2. The van der Waals surface area contributed by atoms with Crippen molar-refractivity contribution in [1.82, 2.24) is 40.8 Å². The van der Waals surface area contributed by atoms with Crippen molar-refractivity contribution in [3.8, 4) is 45.4 Å². The first-order chi connectivity index (χ1) is 16.7. The number of ether oxygens (including phenoxy) is 1. The molecule has 0 spiro atoms. The number of nitrogen functional groups attached to an aromatic ring is 1. The average Bonchev–Trinajstić information content (AvgIpc) is 3.55. The molecule has 10 nitrogen and oxygen atoms in total. The van der Waals surface area contributed by atoms with Crippen LogP contribution in [-0.4, -0.2) is 40.8 Å². The zero-order valence-electron chi connectivity index (χ0n) is 17.7. The molecule has 4 N–H and O–H groups in total. The fourth-order valence-electron chi connectivity index (χ4n) is 3.72. The molecular formula is C24H17N9O. The summed E-state index contributed by atoms with van der Waals surface area (Å²) in [5, 5.41) is 21.9. The summed E-state index contributed by atoms with van der Waals surface area (Å²) >= 11 is 0. The lowest BCUT2D eigenvalue weighted by molar-refractivity contribution is 0.483. The second kappa shape index (κ2) is 8.10. The molecule has 0 fully saturated rings. The average molecular weight is 447 g/mol. The van der Waals surface area contributed by atoms with E-state index in [0.717, 1.165) is 39.1 Å². The number of rotatable bonds is 5. The number of anilines is 1. The van der Waals surface area contributed by atoms with E-state index in [1.807, 2.05) is 66.7 Å². The molecule has 2 aromatic carbocycles. The van der Waals surface area contributed by atoms with Crippen molar-refractivity contribution in [2.45, 2.75) is 0 Å². The molecule has 10 heteroatoms. The first kappa shape index (κ1) is 19.6. The topological polar surface area (TPSA) is 144 Å². The zero-order valence-corrected chi connectivity index (χ0v) is 17.7. The van der Waals surface area contributed by atoms with Crippen molar-refractivity contribution < 1.29 is 4.74 Å². The van der Waals surface area contributed by atoms with Gasteiger partial charge in [-0.05, 0) is 59.0 Å². The fourth-order valence-corrected chi connectivity index (χ4v) is 3.72. The predicted molar refractivity (Wildman–Crippen MR) is 127 cm³/mol. The predicted octanol–water partition coefficient (Wildman–Crippen LogP) is 4.24. The summed E-state index contributed by atoms with van der Waals surface area (Å²) in [6.07, 6.45) is 3.42. The van der Waals surface area contributed by atoms with Gasteiger partial charge < -0.3 is 10.5 Å². The number of pyridine rings is 2. The van der Waals surface area contributed by atoms with Gasteiger partial charge in [-0.15, -0.1) is 5.10 Å². The largest absolute Gasteiger partial charge is 0.457 e. The SMILES string of the molecule is Nc1n[nH]c2cc(-c3cncc(-c4nnn[nH]4)c3)nc(-c3ccc(Oc4ccccc4)cc3)c12. The molecule has 4 aromatic heterocycles. The smallest absolute Gasteiger partial charge is 0.180 e. The number of hydrogen-bond acceptors (Lipinski definition) is 8. The Hall–Kier alpha value is -5.12. The minimum atomic E-state index is 0.383. The number of para-hydroxylation sites is 1. The Balaban J connectivity index is 1.42. The second-order valence-electron chi connectivity index (χ2n) is 7.54. The summed E-state index contributed by atoms with van der Waals surface area (Å²) in [5.41, 5.74) is 10.8. The maximum Gasteiger partial charge on any atom is 0.180 e. The number of aromatic nitrogens is 8. The zero-order chi connectivity index (χ0) is 22.9. The lowest BCUT2D eigenvalue weighted by Gasteiger charge is -2.10. The standard InChI is InChI=1S/C24H17N9O/c25-23-21-20(28-29-23)11-19(15-10-16(13-26-12-15)24-30-32-33-31-24)27-22(21)14-6-8-18(9-7-14)34-17-4-2-1-3-5-17/h1-13H,(H3,25,28,29)(H,30,31,32,33). The Labute approximate surface area is 192 Å². The van der Waals surface area contributed by atoms with E-state index in [1.165, 1.54) is 0 Å². The van der Waals surface area contributed by atoms with Gasteiger partial charge in [0, 0.05) is 29.1 Å². The van der Waals surface area contributed by atoms with E-state index < -0.39 is 0 Å². The molecule has 34 heavy (non-hydrogen) atoms. The Morgan fingerprint density at radius 2 is 1.59 bits per heavy atom. The third-order valence-corrected chi connectivity index (χ3v) is 5.33. The van der Waals surface area contributed by atoms with Gasteiger partial charge in [0.25, 0.3) is 0 Å². The van der Waals surface area contributed by atoms with Gasteiger partial charge in [0.1, 0.15) is 11.5 Å². The third-order valence-electron chi connectivity index (χ3n) is 5.33. The monoisotopic (exact) mass is 447 g/mol. The summed E-state index contributed by atoms with van der Waals surface area (Å²) in [5.74, 6) is 2.40. The van der Waals surface area contributed by atoms with Gasteiger partial charge in [0.05, 0.1) is 22.3 Å². The van der Waals surface area contributed by atoms with Crippen LogP contribution in [0.15, 0.2) is 79.1 Å². The van der Waals surface area contributed by atoms with Crippen LogP contribution in [0.2, 0.25) is 0 Å². The Bertz CT molecular complexity index is 1580. The van der Waals surface area contributed by atoms with Gasteiger partial charge in [-0.25, -0.2) is 10.1 Å². The van der Waals surface area contributed by atoms with Crippen LogP contribution in [0.5, 0.6) is 11.5 Å². The van der Waals surface area contributed by atoms with Gasteiger partial charge in [-0.2, -0.15) is 5.10 Å². The van der Waals surface area contributed by atoms with Crippen LogP contribution in [0.3, 0.4) is 0 Å².